The predicted octanol–water partition coefficient (Wildman–Crippen LogP) is 7.86. The van der Waals surface area contributed by atoms with E-state index in [0.717, 1.165) is 29.5 Å². The highest BCUT2D eigenvalue weighted by molar-refractivity contribution is 5.68. The van der Waals surface area contributed by atoms with Crippen molar-refractivity contribution in [2.24, 2.45) is 5.92 Å². The normalized spacial score (nSPS) is 21.6. The van der Waals surface area contributed by atoms with Gasteiger partial charge in [-0.3, -0.25) is 0 Å². The van der Waals surface area contributed by atoms with Crippen LogP contribution in [0.15, 0.2) is 84.9 Å². The third kappa shape index (κ3) is 5.86. The van der Waals surface area contributed by atoms with Crippen molar-refractivity contribution in [3.8, 4) is 5.75 Å². The third-order valence-corrected chi connectivity index (χ3v) is 8.13. The highest BCUT2D eigenvalue weighted by atomic mass is 16.5. The predicted molar refractivity (Wildman–Crippen MR) is 153 cm³/mol. The lowest BCUT2D eigenvalue weighted by Crippen LogP contribution is -2.35. The SMILES string of the molecule is C=C(C)[C@@H]1C[C@H](c2ccc(CC)cc2)[C@H](C)O[C@@H]1c1cc(C(C)(C)c2ccccc2)ccc1OCC(=O)O. The molecule has 4 heteroatoms. The Labute approximate surface area is 227 Å². The van der Waals surface area contributed by atoms with Crippen molar-refractivity contribution >= 4 is 5.97 Å². The van der Waals surface area contributed by atoms with Crippen LogP contribution in [-0.2, 0) is 21.4 Å². The molecule has 0 spiro atoms. The number of carbonyl (C=O) groups is 1. The van der Waals surface area contributed by atoms with E-state index in [0.29, 0.717) is 5.75 Å². The van der Waals surface area contributed by atoms with Crippen molar-refractivity contribution in [1.82, 2.24) is 0 Å². The minimum absolute atomic E-state index is 0.0267. The smallest absolute Gasteiger partial charge is 0.341 e. The van der Waals surface area contributed by atoms with E-state index < -0.39 is 12.6 Å². The lowest BCUT2D eigenvalue weighted by molar-refractivity contribution is -0.139. The average Bonchev–Trinajstić information content (AvgIpc) is 2.92. The summed E-state index contributed by atoms with van der Waals surface area (Å²) in [6.07, 6.45) is 1.60. The van der Waals surface area contributed by atoms with Crippen LogP contribution >= 0.6 is 0 Å². The van der Waals surface area contributed by atoms with Crippen LogP contribution in [0.3, 0.4) is 0 Å². The summed E-state index contributed by atoms with van der Waals surface area (Å²) in [5, 5.41) is 9.32. The molecule has 4 nitrogen and oxygen atoms in total. The number of benzene rings is 3. The van der Waals surface area contributed by atoms with Gasteiger partial charge < -0.3 is 14.6 Å². The monoisotopic (exact) mass is 512 g/mol. The fourth-order valence-corrected chi connectivity index (χ4v) is 5.62. The van der Waals surface area contributed by atoms with E-state index in [9.17, 15) is 9.90 Å². The number of hydrogen-bond donors (Lipinski definition) is 1. The van der Waals surface area contributed by atoms with Crippen LogP contribution in [0.1, 0.15) is 80.9 Å². The first-order valence-electron chi connectivity index (χ1n) is 13.6. The van der Waals surface area contributed by atoms with Crippen molar-refractivity contribution in [1.29, 1.82) is 0 Å². The third-order valence-electron chi connectivity index (χ3n) is 8.13. The molecule has 3 aromatic carbocycles. The minimum Gasteiger partial charge on any atom is -0.482 e. The maximum Gasteiger partial charge on any atom is 0.341 e. The number of aliphatic carboxylic acids is 1. The number of hydrogen-bond acceptors (Lipinski definition) is 3. The summed E-state index contributed by atoms with van der Waals surface area (Å²) in [6, 6.07) is 25.4. The molecule has 200 valence electrons. The van der Waals surface area contributed by atoms with E-state index in [4.69, 9.17) is 9.47 Å². The lowest BCUT2D eigenvalue weighted by atomic mass is 9.74. The van der Waals surface area contributed by atoms with Crippen LogP contribution in [0.2, 0.25) is 0 Å². The van der Waals surface area contributed by atoms with Gasteiger partial charge in [-0.2, -0.15) is 0 Å². The maximum atomic E-state index is 11.4. The summed E-state index contributed by atoms with van der Waals surface area (Å²) in [4.78, 5) is 11.4. The van der Waals surface area contributed by atoms with Crippen molar-refractivity contribution in [3.05, 3.63) is 113 Å². The van der Waals surface area contributed by atoms with Crippen molar-refractivity contribution in [2.75, 3.05) is 6.61 Å². The van der Waals surface area contributed by atoms with E-state index in [1.807, 2.05) is 18.2 Å². The van der Waals surface area contributed by atoms with Crippen molar-refractivity contribution in [3.63, 3.8) is 0 Å². The Kier molecular flexibility index (Phi) is 8.42. The molecule has 0 bridgehead atoms. The molecule has 0 amide bonds. The van der Waals surface area contributed by atoms with Gasteiger partial charge in [0.15, 0.2) is 6.61 Å². The molecule has 1 heterocycles. The van der Waals surface area contributed by atoms with Crippen LogP contribution in [-0.4, -0.2) is 23.8 Å². The number of carboxylic acid groups (broad SMARTS) is 1. The minimum atomic E-state index is -1.00. The average molecular weight is 513 g/mol. The van der Waals surface area contributed by atoms with Crippen molar-refractivity contribution in [2.45, 2.75) is 71.0 Å². The van der Waals surface area contributed by atoms with Gasteiger partial charge in [0.25, 0.3) is 0 Å². The van der Waals surface area contributed by atoms with Gasteiger partial charge in [0.05, 0.1) is 12.2 Å². The zero-order valence-electron chi connectivity index (χ0n) is 23.2. The molecule has 0 radical (unpaired) electrons. The number of carboxylic acids is 1. The fraction of sp³-hybridized carbons (Fsp3) is 0.382. The Hall–Kier alpha value is -3.37. The van der Waals surface area contributed by atoms with Gasteiger partial charge in [0.1, 0.15) is 5.75 Å². The second kappa shape index (κ2) is 11.6. The highest BCUT2D eigenvalue weighted by Gasteiger charge is 2.39. The fourth-order valence-electron chi connectivity index (χ4n) is 5.62. The Morgan fingerprint density at radius 2 is 1.74 bits per heavy atom. The standard InChI is InChI=1S/C34H40O4/c1-7-24-13-15-25(16-14-24)29-20-28(22(2)3)33(38-23(29)4)30-19-27(17-18-31(30)37-21-32(35)36)34(5,6)26-11-9-8-10-12-26/h8-19,23,28-29,33H,2,7,20-21H2,1,3-6H3,(H,35,36)/t23-,28-,29-,33-/m0/s1. The Balaban J connectivity index is 1.74. The second-order valence-corrected chi connectivity index (χ2v) is 11.1. The molecule has 1 N–H and O–H groups in total. The summed E-state index contributed by atoms with van der Waals surface area (Å²) in [5.74, 6) is -0.153. The lowest BCUT2D eigenvalue weighted by Gasteiger charge is -2.42. The van der Waals surface area contributed by atoms with E-state index in [1.165, 1.54) is 16.7 Å². The van der Waals surface area contributed by atoms with Gasteiger partial charge in [0.2, 0.25) is 0 Å². The molecular weight excluding hydrogens is 472 g/mol. The van der Waals surface area contributed by atoms with Gasteiger partial charge in [0, 0.05) is 22.8 Å². The van der Waals surface area contributed by atoms with Crippen LogP contribution in [0.4, 0.5) is 0 Å². The van der Waals surface area contributed by atoms with Crippen molar-refractivity contribution < 1.29 is 19.4 Å². The maximum absolute atomic E-state index is 11.4. The molecule has 4 rings (SSSR count). The first kappa shape index (κ1) is 27.7. The quantitative estimate of drug-likeness (QED) is 0.297. The largest absolute Gasteiger partial charge is 0.482 e. The molecule has 4 atom stereocenters. The van der Waals surface area contributed by atoms with Gasteiger partial charge in [-0.1, -0.05) is 93.6 Å². The van der Waals surface area contributed by atoms with E-state index in [-0.39, 0.29) is 29.5 Å². The van der Waals surface area contributed by atoms with E-state index >= 15 is 0 Å². The zero-order valence-corrected chi connectivity index (χ0v) is 23.2. The van der Waals surface area contributed by atoms with Gasteiger partial charge in [-0.15, -0.1) is 0 Å². The molecule has 0 aliphatic carbocycles. The number of rotatable bonds is 9. The molecule has 1 aliphatic heterocycles. The zero-order chi connectivity index (χ0) is 27.4. The molecule has 0 aromatic heterocycles. The van der Waals surface area contributed by atoms with Gasteiger partial charge in [-0.25, -0.2) is 4.79 Å². The molecular formula is C34H40O4. The molecule has 1 saturated heterocycles. The second-order valence-electron chi connectivity index (χ2n) is 11.1. The summed E-state index contributed by atoms with van der Waals surface area (Å²) in [7, 11) is 0. The summed E-state index contributed by atoms with van der Waals surface area (Å²) >= 11 is 0. The van der Waals surface area contributed by atoms with E-state index in [2.05, 4.69) is 95.8 Å². The number of aryl methyl sites for hydroxylation is 1. The molecule has 3 aromatic rings. The summed E-state index contributed by atoms with van der Waals surface area (Å²) < 4.78 is 12.6. The topological polar surface area (TPSA) is 55.8 Å². The molecule has 38 heavy (non-hydrogen) atoms. The van der Waals surface area contributed by atoms with E-state index in [1.54, 1.807) is 0 Å². The van der Waals surface area contributed by atoms with Crippen LogP contribution in [0.5, 0.6) is 5.75 Å². The summed E-state index contributed by atoms with van der Waals surface area (Å²) in [6.45, 7) is 14.7. The van der Waals surface area contributed by atoms with Gasteiger partial charge >= 0.3 is 5.97 Å². The molecule has 1 fully saturated rings. The highest BCUT2D eigenvalue weighted by Crippen LogP contribution is 2.49. The number of ether oxygens (including phenoxy) is 2. The Morgan fingerprint density at radius 1 is 1.05 bits per heavy atom. The molecule has 0 saturated carbocycles. The molecule has 1 aliphatic rings. The van der Waals surface area contributed by atoms with Crippen LogP contribution < -0.4 is 4.74 Å². The molecule has 0 unspecified atom stereocenters. The Bertz CT molecular complexity index is 1260. The van der Waals surface area contributed by atoms with Crippen LogP contribution in [0, 0.1) is 5.92 Å². The first-order valence-corrected chi connectivity index (χ1v) is 13.6. The van der Waals surface area contributed by atoms with Gasteiger partial charge in [-0.05, 0) is 61.1 Å². The Morgan fingerprint density at radius 3 is 2.34 bits per heavy atom. The first-order chi connectivity index (χ1) is 18.1. The summed E-state index contributed by atoms with van der Waals surface area (Å²) in [5.41, 5.74) is 6.60. The van der Waals surface area contributed by atoms with Crippen LogP contribution in [0.25, 0.3) is 0 Å².